The van der Waals surface area contributed by atoms with E-state index in [1.54, 1.807) is 19.2 Å². The Morgan fingerprint density at radius 3 is 2.27 bits per heavy atom. The minimum Gasteiger partial charge on any atom is -0.378 e. The van der Waals surface area contributed by atoms with Gasteiger partial charge in [0.15, 0.2) is 0 Å². The van der Waals surface area contributed by atoms with Gasteiger partial charge in [-0.2, -0.15) is 0 Å². The van der Waals surface area contributed by atoms with Crippen LogP contribution in [-0.4, -0.2) is 41.3 Å². The van der Waals surface area contributed by atoms with Crippen molar-refractivity contribution in [1.82, 2.24) is 9.13 Å². The van der Waals surface area contributed by atoms with Gasteiger partial charge in [0.05, 0.1) is 35.6 Å². The van der Waals surface area contributed by atoms with Crippen molar-refractivity contribution >= 4 is 28.3 Å². The average Bonchev–Trinajstić information content (AvgIpc) is 2.76. The molecule has 0 unspecified atom stereocenters. The van der Waals surface area contributed by atoms with Gasteiger partial charge in [-0.3, -0.25) is 14.4 Å². The molecule has 1 aliphatic rings. The van der Waals surface area contributed by atoms with Gasteiger partial charge in [0.1, 0.15) is 5.82 Å². The number of carbonyl (C=O) groups is 1. The highest BCUT2D eigenvalue weighted by Crippen LogP contribution is 2.31. The molecule has 9 heteroatoms. The third-order valence-electron chi connectivity index (χ3n) is 5.29. The van der Waals surface area contributed by atoms with Crippen molar-refractivity contribution in [3.05, 3.63) is 68.5 Å². The van der Waals surface area contributed by atoms with E-state index in [0.29, 0.717) is 48.7 Å². The zero-order valence-electron chi connectivity index (χ0n) is 16.6. The van der Waals surface area contributed by atoms with E-state index in [0.717, 1.165) is 6.07 Å². The van der Waals surface area contributed by atoms with E-state index in [1.165, 1.54) is 34.4 Å². The highest BCUT2D eigenvalue weighted by Gasteiger charge is 2.20. The van der Waals surface area contributed by atoms with Crippen LogP contribution in [0, 0.1) is 5.82 Å². The maximum Gasteiger partial charge on any atom is 0.316 e. The predicted octanol–water partition coefficient (Wildman–Crippen LogP) is 1.47. The SMILES string of the molecule is Cn1c(=O)c(=O)n(C)c2cc(N3CCOCC3)c(NC(=O)c3cccc(F)c3)cc21. The highest BCUT2D eigenvalue weighted by molar-refractivity contribution is 6.07. The van der Waals surface area contributed by atoms with Crippen LogP contribution in [0.1, 0.15) is 10.4 Å². The quantitative estimate of drug-likeness (QED) is 0.659. The number of hydrogen-bond donors (Lipinski definition) is 1. The maximum atomic E-state index is 13.6. The molecule has 1 N–H and O–H groups in total. The van der Waals surface area contributed by atoms with Crippen molar-refractivity contribution in [1.29, 1.82) is 0 Å². The molecular formula is C21H21FN4O4. The van der Waals surface area contributed by atoms with Crippen molar-refractivity contribution in [2.75, 3.05) is 36.5 Å². The number of aryl methyl sites for hydroxylation is 2. The van der Waals surface area contributed by atoms with Gasteiger partial charge in [-0.1, -0.05) is 6.07 Å². The van der Waals surface area contributed by atoms with Crippen molar-refractivity contribution in [2.24, 2.45) is 14.1 Å². The lowest BCUT2D eigenvalue weighted by Gasteiger charge is -2.31. The smallest absolute Gasteiger partial charge is 0.316 e. The number of fused-ring (bicyclic) bond motifs is 1. The van der Waals surface area contributed by atoms with Crippen molar-refractivity contribution < 1.29 is 13.9 Å². The molecule has 0 bridgehead atoms. The van der Waals surface area contributed by atoms with Crippen LogP contribution in [0.15, 0.2) is 46.0 Å². The first-order valence-electron chi connectivity index (χ1n) is 9.50. The third-order valence-corrected chi connectivity index (χ3v) is 5.29. The van der Waals surface area contributed by atoms with E-state index in [1.807, 2.05) is 4.90 Å². The van der Waals surface area contributed by atoms with Crippen LogP contribution >= 0.6 is 0 Å². The molecule has 0 aliphatic carbocycles. The van der Waals surface area contributed by atoms with Crippen LogP contribution in [0.3, 0.4) is 0 Å². The lowest BCUT2D eigenvalue weighted by atomic mass is 10.1. The standard InChI is InChI=1S/C21H21FN4O4/c1-24-17-11-15(23-19(27)13-4-3-5-14(22)10-13)16(26-6-8-30-9-7-26)12-18(17)25(2)21(29)20(24)28/h3-5,10-12H,6-9H2,1-2H3,(H,23,27). The molecule has 3 aromatic rings. The highest BCUT2D eigenvalue weighted by atomic mass is 19.1. The number of anilines is 2. The summed E-state index contributed by atoms with van der Waals surface area (Å²) in [4.78, 5) is 39.3. The molecule has 1 aliphatic heterocycles. The summed E-state index contributed by atoms with van der Waals surface area (Å²) in [7, 11) is 3.05. The van der Waals surface area contributed by atoms with Crippen LogP contribution < -0.4 is 21.3 Å². The second-order valence-electron chi connectivity index (χ2n) is 7.15. The van der Waals surface area contributed by atoms with E-state index in [4.69, 9.17) is 4.74 Å². The molecule has 0 atom stereocenters. The molecule has 0 saturated carbocycles. The molecule has 4 rings (SSSR count). The van der Waals surface area contributed by atoms with Gasteiger partial charge in [0.25, 0.3) is 5.91 Å². The number of hydrogen-bond acceptors (Lipinski definition) is 5. The minimum absolute atomic E-state index is 0.178. The molecule has 0 spiro atoms. The molecular weight excluding hydrogens is 391 g/mol. The first-order valence-corrected chi connectivity index (χ1v) is 9.50. The van der Waals surface area contributed by atoms with Crippen molar-refractivity contribution in [3.8, 4) is 0 Å². The summed E-state index contributed by atoms with van der Waals surface area (Å²) in [5, 5.41) is 2.83. The number of ether oxygens (including phenoxy) is 1. The Hall–Kier alpha value is -3.46. The van der Waals surface area contributed by atoms with E-state index < -0.39 is 22.8 Å². The van der Waals surface area contributed by atoms with Gasteiger partial charge in [-0.05, 0) is 30.3 Å². The third kappa shape index (κ3) is 3.48. The monoisotopic (exact) mass is 412 g/mol. The molecule has 8 nitrogen and oxygen atoms in total. The first-order chi connectivity index (χ1) is 14.4. The van der Waals surface area contributed by atoms with Crippen LogP contribution in [0.25, 0.3) is 11.0 Å². The fourth-order valence-corrected chi connectivity index (χ4v) is 3.60. The summed E-state index contributed by atoms with van der Waals surface area (Å²) >= 11 is 0. The molecule has 2 aromatic carbocycles. The van der Waals surface area contributed by atoms with Crippen LogP contribution in [0.4, 0.5) is 15.8 Å². The normalized spacial score (nSPS) is 14.2. The number of nitrogens with zero attached hydrogens (tertiary/aromatic N) is 3. The Balaban J connectivity index is 1.88. The summed E-state index contributed by atoms with van der Waals surface area (Å²) in [6, 6.07) is 8.85. The molecule has 156 valence electrons. The number of aromatic nitrogens is 2. The van der Waals surface area contributed by atoms with Gasteiger partial charge in [-0.25, -0.2) is 4.39 Å². The van der Waals surface area contributed by atoms with Gasteiger partial charge < -0.3 is 24.1 Å². The number of morpholine rings is 1. The fraction of sp³-hybridized carbons (Fsp3) is 0.286. The first kappa shape index (κ1) is 19.8. The summed E-state index contributed by atoms with van der Waals surface area (Å²) in [5.74, 6) is -0.981. The zero-order valence-corrected chi connectivity index (χ0v) is 16.6. The Labute approximate surface area is 171 Å². The molecule has 0 radical (unpaired) electrons. The van der Waals surface area contributed by atoms with Crippen LogP contribution in [-0.2, 0) is 18.8 Å². The summed E-state index contributed by atoms with van der Waals surface area (Å²) in [6.07, 6.45) is 0. The lowest BCUT2D eigenvalue weighted by molar-refractivity contribution is 0.102. The number of halogens is 1. The van der Waals surface area contributed by atoms with E-state index in [-0.39, 0.29) is 5.56 Å². The predicted molar refractivity (Wildman–Crippen MR) is 112 cm³/mol. The number of amides is 1. The number of benzene rings is 2. The number of nitrogens with one attached hydrogen (secondary N) is 1. The Morgan fingerprint density at radius 1 is 1.00 bits per heavy atom. The van der Waals surface area contributed by atoms with E-state index in [9.17, 15) is 18.8 Å². The van der Waals surface area contributed by atoms with E-state index in [2.05, 4.69) is 5.32 Å². The van der Waals surface area contributed by atoms with Crippen molar-refractivity contribution in [2.45, 2.75) is 0 Å². The van der Waals surface area contributed by atoms with Gasteiger partial charge in [-0.15, -0.1) is 0 Å². The largest absolute Gasteiger partial charge is 0.378 e. The second kappa shape index (κ2) is 7.75. The Morgan fingerprint density at radius 2 is 1.63 bits per heavy atom. The Bertz CT molecular complexity index is 1260. The van der Waals surface area contributed by atoms with E-state index >= 15 is 0 Å². The number of rotatable bonds is 3. The molecule has 1 fully saturated rings. The molecule has 2 heterocycles. The summed E-state index contributed by atoms with van der Waals surface area (Å²) in [5.41, 5.74) is 1.11. The topological polar surface area (TPSA) is 85.6 Å². The zero-order chi connectivity index (χ0) is 21.4. The summed E-state index contributed by atoms with van der Waals surface area (Å²) in [6.45, 7) is 2.27. The average molecular weight is 412 g/mol. The van der Waals surface area contributed by atoms with Gasteiger partial charge in [0, 0.05) is 32.7 Å². The molecule has 1 aromatic heterocycles. The van der Waals surface area contributed by atoms with Crippen LogP contribution in [0.2, 0.25) is 0 Å². The fourth-order valence-electron chi connectivity index (χ4n) is 3.60. The lowest BCUT2D eigenvalue weighted by Crippen LogP contribution is -2.40. The molecule has 30 heavy (non-hydrogen) atoms. The maximum absolute atomic E-state index is 13.6. The van der Waals surface area contributed by atoms with Crippen molar-refractivity contribution in [3.63, 3.8) is 0 Å². The second-order valence-corrected chi connectivity index (χ2v) is 7.15. The Kier molecular flexibility index (Phi) is 5.13. The number of carbonyl (C=O) groups excluding carboxylic acids is 1. The molecule has 1 amide bonds. The summed E-state index contributed by atoms with van der Waals surface area (Å²) < 4.78 is 21.5. The van der Waals surface area contributed by atoms with Crippen LogP contribution in [0.5, 0.6) is 0 Å². The van der Waals surface area contributed by atoms with Gasteiger partial charge in [0.2, 0.25) is 0 Å². The van der Waals surface area contributed by atoms with Gasteiger partial charge >= 0.3 is 11.1 Å². The molecule has 1 saturated heterocycles. The minimum atomic E-state index is -0.661.